The van der Waals surface area contributed by atoms with Gasteiger partial charge in [-0.05, 0) is 230 Å². The lowest BCUT2D eigenvalue weighted by Crippen LogP contribution is -2.01. The molecule has 12 N–H and O–H groups in total. The molecule has 36 heteroatoms. The molecule has 23 rings (SSSR count). The monoisotopic (exact) mass is 1880 g/mol. The van der Waals surface area contributed by atoms with Gasteiger partial charge in [-0.2, -0.15) is 10.2 Å². The van der Waals surface area contributed by atoms with Gasteiger partial charge < -0.3 is 28.7 Å². The first-order chi connectivity index (χ1) is 65.5. The molecule has 0 aliphatic heterocycles. The number of thiazole rings is 1. The second-order valence-corrected chi connectivity index (χ2v) is 32.8. The van der Waals surface area contributed by atoms with Crippen molar-refractivity contribution in [2.24, 2.45) is 0 Å². The second-order valence-electron chi connectivity index (χ2n) is 30.3. The van der Waals surface area contributed by atoms with Crippen LogP contribution in [0.2, 0.25) is 20.5 Å². The van der Waals surface area contributed by atoms with Crippen molar-refractivity contribution < 1.29 is 22.0 Å². The van der Waals surface area contributed by atoms with Crippen LogP contribution in [0.3, 0.4) is 0 Å². The smallest absolute Gasteiger partial charge is 0.152 e. The van der Waals surface area contributed by atoms with Crippen molar-refractivity contribution in [3.63, 3.8) is 0 Å². The molecule has 23 aromatic rings. The Hall–Kier alpha value is -16.8. The molecule has 15 heterocycles. The van der Waals surface area contributed by atoms with Gasteiger partial charge in [0, 0.05) is 133 Å². The van der Waals surface area contributed by atoms with Gasteiger partial charge in [0.1, 0.15) is 95.3 Å². The van der Waals surface area contributed by atoms with E-state index in [1.807, 2.05) is 86.1 Å². The van der Waals surface area contributed by atoms with Crippen LogP contribution in [0.25, 0.3) is 199 Å². The van der Waals surface area contributed by atoms with E-state index in [9.17, 15) is 22.0 Å². The van der Waals surface area contributed by atoms with E-state index in [-0.39, 0.29) is 40.7 Å². The Morgan fingerprint density at radius 1 is 0.311 bits per heavy atom. The fourth-order valence-corrected chi connectivity index (χ4v) is 17.4. The van der Waals surface area contributed by atoms with Crippen molar-refractivity contribution in [1.29, 1.82) is 0 Å². The van der Waals surface area contributed by atoms with Crippen LogP contribution in [0.15, 0.2) is 274 Å². The van der Waals surface area contributed by atoms with Crippen LogP contribution in [0.4, 0.5) is 51.0 Å². The normalized spacial score (nSPS) is 11.2. The third-order valence-electron chi connectivity index (χ3n) is 21.6. The number of hydrogen-bond donors (Lipinski definition) is 7. The molecule has 0 unspecified atom stereocenters. The Bertz CT molecular complexity index is 8320. The van der Waals surface area contributed by atoms with Gasteiger partial charge in [0.05, 0.1) is 77.4 Å². The maximum Gasteiger partial charge on any atom is 0.152 e. The fraction of sp³-hybridized carbons (Fsp3) is 0.0202. The summed E-state index contributed by atoms with van der Waals surface area (Å²) in [6.45, 7) is 3.73. The van der Waals surface area contributed by atoms with Crippen molar-refractivity contribution in [3.8, 4) is 112 Å². The number of nitrogens with one attached hydrogen (secondary N) is 2. The van der Waals surface area contributed by atoms with E-state index in [0.717, 1.165) is 116 Å². The summed E-state index contributed by atoms with van der Waals surface area (Å²) < 4.78 is 68.1. The van der Waals surface area contributed by atoms with Crippen LogP contribution >= 0.6 is 57.7 Å². The van der Waals surface area contributed by atoms with Crippen LogP contribution in [-0.4, -0.2) is 105 Å². The van der Waals surface area contributed by atoms with Gasteiger partial charge in [0.25, 0.3) is 0 Å². The average Bonchev–Trinajstić information content (AvgIpc) is 0.926. The highest BCUT2D eigenvalue weighted by molar-refractivity contribution is 7.16. The van der Waals surface area contributed by atoms with Crippen LogP contribution in [-0.2, 0) is 0 Å². The number of hydrogen-bond acceptors (Lipinski definition) is 25. The van der Waals surface area contributed by atoms with Gasteiger partial charge in [-0.1, -0.05) is 64.6 Å². The summed E-state index contributed by atoms with van der Waals surface area (Å²) in [4.78, 5) is 74.9. The minimum Gasteiger partial charge on any atom is -0.383 e. The summed E-state index contributed by atoms with van der Waals surface area (Å²) in [6.07, 6.45) is 16.0. The average molecular weight is 1890 g/mol. The summed E-state index contributed by atoms with van der Waals surface area (Å²) in [7, 11) is 0. The zero-order valence-corrected chi connectivity index (χ0v) is 74.0. The SMILES string of the molecule is Cc1cc(-c2c(-c3ccc(F)cc3)nc(N)c3cncnc23)cc(Cl)n1.Cc1cc(-c2c(-c3ccc(F)cc3)nc(N)c3ncccc23)cc(Cl)n1.Nc1nc(-c2ccc(F)cc2)c(-c2cc(Cl)c3[nH]ncc3c2)c2nccnc12.Nc1nc(-c2ccc(F)cc2)c(-c2ccc3n[nH]c(Cl)c3c2)c2nccnc12.Nc1nc(-c2ccc(F)cc2)c(-c2ccc3ncsc3c2)c2nccnc12. The predicted octanol–water partition coefficient (Wildman–Crippen LogP) is 23.4. The summed E-state index contributed by atoms with van der Waals surface area (Å²) in [5.74, 6) is -0.175. The number of nitrogen functional groups attached to an aromatic ring is 5. The number of rotatable bonds is 10. The Balaban J connectivity index is 0.000000108. The van der Waals surface area contributed by atoms with E-state index >= 15 is 0 Å². The zero-order chi connectivity index (χ0) is 93.4. The number of anilines is 5. The molecule has 26 nitrogen and oxygen atoms in total. The van der Waals surface area contributed by atoms with Crippen molar-refractivity contribution in [3.05, 3.63) is 335 Å². The molecule has 0 bridgehead atoms. The molecule has 0 spiro atoms. The van der Waals surface area contributed by atoms with E-state index in [0.29, 0.717) is 133 Å². The number of fused-ring (bicyclic) bond motifs is 8. The third kappa shape index (κ3) is 17.9. The minimum absolute atomic E-state index is 0.252. The predicted molar refractivity (Wildman–Crippen MR) is 523 cm³/mol. The van der Waals surface area contributed by atoms with E-state index in [1.54, 1.807) is 140 Å². The molecule has 0 aliphatic rings. The van der Waals surface area contributed by atoms with Crippen molar-refractivity contribution >= 4 is 174 Å². The topological polar surface area (TPSA) is 407 Å². The van der Waals surface area contributed by atoms with E-state index in [2.05, 4.69) is 111 Å². The lowest BCUT2D eigenvalue weighted by atomic mass is 9.95. The highest BCUT2D eigenvalue weighted by Crippen LogP contribution is 2.46. The lowest BCUT2D eigenvalue weighted by molar-refractivity contribution is 0.627. The van der Waals surface area contributed by atoms with Crippen LogP contribution in [0, 0.1) is 42.9 Å². The molecule has 0 fully saturated rings. The molecule has 0 amide bonds. The molecule has 135 heavy (non-hydrogen) atoms. The Labute approximate surface area is 784 Å². The van der Waals surface area contributed by atoms with Gasteiger partial charge in [-0.25, -0.2) is 86.7 Å². The van der Waals surface area contributed by atoms with Crippen LogP contribution in [0.5, 0.6) is 0 Å². The van der Waals surface area contributed by atoms with E-state index in [1.165, 1.54) is 67.0 Å². The number of pyridine rings is 8. The maximum absolute atomic E-state index is 13.5. The zero-order valence-electron chi connectivity index (χ0n) is 70.2. The summed E-state index contributed by atoms with van der Waals surface area (Å²) >= 11 is 26.6. The number of aromatic nitrogens is 21. The Morgan fingerprint density at radius 3 is 1.18 bits per heavy atom. The molecule has 0 radical (unpaired) electrons. The van der Waals surface area contributed by atoms with Crippen LogP contribution < -0.4 is 28.7 Å². The minimum atomic E-state index is -0.332. The maximum atomic E-state index is 13.5. The lowest BCUT2D eigenvalue weighted by Gasteiger charge is -2.15. The number of nitrogens with two attached hydrogens (primary N) is 5. The van der Waals surface area contributed by atoms with E-state index in [4.69, 9.17) is 75.1 Å². The van der Waals surface area contributed by atoms with Crippen LogP contribution in [0.1, 0.15) is 11.4 Å². The molecule has 0 atom stereocenters. The van der Waals surface area contributed by atoms with Gasteiger partial charge in [-0.3, -0.25) is 30.1 Å². The third-order valence-corrected chi connectivity index (χ3v) is 23.4. The first-order valence-electron chi connectivity index (χ1n) is 40.8. The number of nitrogens with zero attached hydrogens (tertiary/aromatic N) is 19. The fourth-order valence-electron chi connectivity index (χ4n) is 15.7. The largest absolute Gasteiger partial charge is 0.383 e. The Morgan fingerprint density at radius 2 is 0.704 bits per heavy atom. The van der Waals surface area contributed by atoms with Gasteiger partial charge in [0.15, 0.2) is 23.3 Å². The van der Waals surface area contributed by atoms with E-state index < -0.39 is 0 Å². The number of H-pyrrole nitrogens is 2. The van der Waals surface area contributed by atoms with Crippen molar-refractivity contribution in [2.45, 2.75) is 13.8 Å². The Kier molecular flexibility index (Phi) is 24.1. The number of halogens is 9. The highest BCUT2D eigenvalue weighted by Gasteiger charge is 2.26. The summed E-state index contributed by atoms with van der Waals surface area (Å²) in [5, 5.41) is 18.7. The molecule has 0 saturated carbocycles. The quantitative estimate of drug-likeness (QED) is 0.0494. The summed E-state index contributed by atoms with van der Waals surface area (Å²) in [5.41, 5.74) is 55.9. The first-order valence-corrected chi connectivity index (χ1v) is 43.2. The van der Waals surface area contributed by atoms with Gasteiger partial charge in [-0.15, -0.1) is 11.3 Å². The molecule has 0 aliphatic carbocycles. The van der Waals surface area contributed by atoms with Crippen molar-refractivity contribution in [2.75, 3.05) is 28.7 Å². The molecular weight excluding hydrogens is 1820 g/mol. The molecule has 8 aromatic carbocycles. The van der Waals surface area contributed by atoms with Gasteiger partial charge >= 0.3 is 0 Å². The van der Waals surface area contributed by atoms with Crippen molar-refractivity contribution in [1.82, 2.24) is 105 Å². The highest BCUT2D eigenvalue weighted by atomic mass is 35.5. The second kappa shape index (κ2) is 37.2. The first kappa shape index (κ1) is 87.5. The molecular formula is C99H63Cl4F5N26S. The number of aryl methyl sites for hydroxylation is 2. The molecule has 658 valence electrons. The molecule has 0 saturated heterocycles. The standard InChI is InChI=1S/2C20H12ClFN6.C20H14ClFN4.C20H12FN5S.C19H13ClFN5/c21-19-13-9-11(3-6-14(13)27-28-19)15-16(10-1-4-12(22)5-2-10)26-20(23)18-17(15)24-7-8-25-18;21-14-8-11(7-12-9-26-28-16(12)14)15-17(10-1-3-13(22)4-2-10)27-20(23)19-18(15)24-5-6-25-19;1-11-9-13(10-16(21)25-11)17-15-3-2-8-24-19(15)20(23)26-18(17)12-4-6-14(22)7-5-12;21-13-4-1-11(2-5-13)17-16(12-3-6-14-15(9-12)27-10-25-14)18-19(20(22)26-17)24-8-7-23-18;1-10-6-12(7-15(20)25-10)16-17(11-2-4-13(21)5-3-11)26-19(22)14-8-23-9-24-18(14)16/h1-9H,(H2,23,26)(H,27,28);1-9H,(H2,23,27)(H,26,28);2-10H,1H3,(H2,23,26);1-10H,(H2,22,26);2-9H,1H3,(H2,22,26). The summed E-state index contributed by atoms with van der Waals surface area (Å²) in [6, 6.07) is 57.1. The molecule has 15 aromatic heterocycles. The number of benzene rings is 8. The van der Waals surface area contributed by atoms with Gasteiger partial charge in [0.2, 0.25) is 0 Å². The number of aromatic amines is 2.